The van der Waals surface area contributed by atoms with Crippen molar-refractivity contribution in [3.63, 3.8) is 0 Å². The molecule has 0 saturated heterocycles. The lowest BCUT2D eigenvalue weighted by atomic mass is 10.2. The van der Waals surface area contributed by atoms with Crippen LogP contribution in [-0.4, -0.2) is 37.0 Å². The summed E-state index contributed by atoms with van der Waals surface area (Å²) in [5.74, 6) is -0.328. The first kappa shape index (κ1) is 17.0. The van der Waals surface area contributed by atoms with Crippen LogP contribution in [0.2, 0.25) is 0 Å². The number of sulfonamides is 1. The highest BCUT2D eigenvalue weighted by Crippen LogP contribution is 2.20. The minimum atomic E-state index is -3.68. The highest BCUT2D eigenvalue weighted by atomic mass is 32.2. The van der Waals surface area contributed by atoms with Crippen LogP contribution in [0.3, 0.4) is 0 Å². The van der Waals surface area contributed by atoms with Gasteiger partial charge in [-0.1, -0.05) is 32.0 Å². The summed E-state index contributed by atoms with van der Waals surface area (Å²) in [6.07, 6.45) is 2.47. The minimum absolute atomic E-state index is 0.0695. The summed E-state index contributed by atoms with van der Waals surface area (Å²) in [5.41, 5.74) is 0.667. The highest BCUT2D eigenvalue weighted by Gasteiger charge is 2.21. The van der Waals surface area contributed by atoms with E-state index in [4.69, 9.17) is 4.74 Å². The summed E-state index contributed by atoms with van der Waals surface area (Å²) in [7, 11) is -3.68. The van der Waals surface area contributed by atoms with Crippen LogP contribution in [0, 0.1) is 5.92 Å². The van der Waals surface area contributed by atoms with Gasteiger partial charge in [0.2, 0.25) is 10.0 Å². The van der Waals surface area contributed by atoms with Crippen molar-refractivity contribution in [3.05, 3.63) is 42.2 Å². The fraction of sp³-hybridized carbons (Fsp3) is 0.333. The second kappa shape index (κ2) is 6.82. The fourth-order valence-corrected chi connectivity index (χ4v) is 2.24. The summed E-state index contributed by atoms with van der Waals surface area (Å²) in [5, 5.41) is 4.16. The Labute approximate surface area is 135 Å². The van der Waals surface area contributed by atoms with Gasteiger partial charge in [0.25, 0.3) is 5.91 Å². The first-order valence-corrected chi connectivity index (χ1v) is 8.95. The van der Waals surface area contributed by atoms with Crippen LogP contribution in [0.5, 0.6) is 5.75 Å². The number of rotatable bonds is 6. The van der Waals surface area contributed by atoms with E-state index >= 15 is 0 Å². The van der Waals surface area contributed by atoms with Crippen molar-refractivity contribution in [2.45, 2.75) is 13.8 Å². The molecule has 1 N–H and O–H groups in total. The van der Waals surface area contributed by atoms with Crippen LogP contribution in [0.25, 0.3) is 5.69 Å². The van der Waals surface area contributed by atoms with Crippen molar-refractivity contribution < 1.29 is 17.9 Å². The normalized spacial score (nSPS) is 11.5. The maximum Gasteiger partial charge on any atom is 0.289 e. The smallest absolute Gasteiger partial charge is 0.289 e. The predicted molar refractivity (Wildman–Crippen MR) is 86.2 cm³/mol. The van der Waals surface area contributed by atoms with Crippen LogP contribution in [0.4, 0.5) is 0 Å². The molecule has 0 fully saturated rings. The van der Waals surface area contributed by atoms with E-state index in [9.17, 15) is 13.2 Å². The molecule has 0 aliphatic rings. The Balaban J connectivity index is 2.37. The van der Waals surface area contributed by atoms with Gasteiger partial charge in [0.15, 0.2) is 11.4 Å². The van der Waals surface area contributed by atoms with Crippen LogP contribution < -0.4 is 9.46 Å². The van der Waals surface area contributed by atoms with Crippen LogP contribution in [-0.2, 0) is 10.0 Å². The summed E-state index contributed by atoms with van der Waals surface area (Å²) in [6, 6.07) is 9.17. The van der Waals surface area contributed by atoms with E-state index in [1.807, 2.05) is 48.9 Å². The van der Waals surface area contributed by atoms with Gasteiger partial charge in [0.05, 0.1) is 24.7 Å². The lowest BCUT2D eigenvalue weighted by molar-refractivity contribution is 0.0971. The zero-order chi connectivity index (χ0) is 17.0. The molecule has 0 aliphatic carbocycles. The van der Waals surface area contributed by atoms with Gasteiger partial charge in [-0.25, -0.2) is 17.8 Å². The SMILES string of the molecule is CC(C)COc1cn(-c2ccccc2)nc1C(=O)NS(C)(=O)=O. The average molecular weight is 337 g/mol. The Kier molecular flexibility index (Phi) is 5.05. The molecule has 0 unspecified atom stereocenters. The largest absolute Gasteiger partial charge is 0.489 e. The summed E-state index contributed by atoms with van der Waals surface area (Å²) in [4.78, 5) is 12.1. The number of aromatic nitrogens is 2. The van der Waals surface area contributed by atoms with Crippen molar-refractivity contribution in [1.29, 1.82) is 0 Å². The van der Waals surface area contributed by atoms with Gasteiger partial charge >= 0.3 is 0 Å². The fourth-order valence-electron chi connectivity index (χ4n) is 1.81. The Morgan fingerprint density at radius 1 is 1.30 bits per heavy atom. The van der Waals surface area contributed by atoms with Crippen molar-refractivity contribution in [3.8, 4) is 11.4 Å². The second-order valence-corrected chi connectivity index (χ2v) is 7.28. The molecule has 0 saturated carbocycles. The van der Waals surface area contributed by atoms with E-state index in [0.29, 0.717) is 6.61 Å². The first-order valence-electron chi connectivity index (χ1n) is 7.06. The third kappa shape index (κ3) is 4.82. The molecule has 2 aromatic rings. The predicted octanol–water partition coefficient (Wildman–Crippen LogP) is 1.60. The zero-order valence-corrected chi connectivity index (χ0v) is 14.0. The number of nitrogens with zero attached hydrogens (tertiary/aromatic N) is 2. The lowest BCUT2D eigenvalue weighted by Gasteiger charge is -2.07. The molecule has 1 amide bonds. The third-order valence-corrected chi connectivity index (χ3v) is 3.32. The number of carbonyl (C=O) groups excluding carboxylic acids is 1. The van der Waals surface area contributed by atoms with Crippen molar-refractivity contribution >= 4 is 15.9 Å². The number of amides is 1. The average Bonchev–Trinajstić information content (AvgIpc) is 2.88. The summed E-state index contributed by atoms with van der Waals surface area (Å²) >= 11 is 0. The molecule has 1 heterocycles. The second-order valence-electron chi connectivity index (χ2n) is 5.53. The van der Waals surface area contributed by atoms with Gasteiger partial charge in [-0.2, -0.15) is 5.10 Å². The van der Waals surface area contributed by atoms with Crippen LogP contribution in [0.15, 0.2) is 36.5 Å². The highest BCUT2D eigenvalue weighted by molar-refractivity contribution is 7.89. The van der Waals surface area contributed by atoms with Crippen molar-refractivity contribution in [1.82, 2.24) is 14.5 Å². The van der Waals surface area contributed by atoms with Gasteiger partial charge in [-0.3, -0.25) is 4.79 Å². The van der Waals surface area contributed by atoms with Crippen molar-refractivity contribution in [2.24, 2.45) is 5.92 Å². The number of carbonyl (C=O) groups is 1. The zero-order valence-electron chi connectivity index (χ0n) is 13.2. The molecule has 0 radical (unpaired) electrons. The molecule has 23 heavy (non-hydrogen) atoms. The Bertz CT molecular complexity index is 782. The molecule has 124 valence electrons. The number of para-hydroxylation sites is 1. The maximum absolute atomic E-state index is 12.1. The topological polar surface area (TPSA) is 90.3 Å². The minimum Gasteiger partial charge on any atom is -0.489 e. The Morgan fingerprint density at radius 2 is 1.96 bits per heavy atom. The number of hydrogen-bond donors (Lipinski definition) is 1. The molecular formula is C15H19N3O4S. The summed E-state index contributed by atoms with van der Waals surface area (Å²) < 4.78 is 31.5. The molecule has 0 spiro atoms. The van der Waals surface area contributed by atoms with Crippen molar-refractivity contribution in [2.75, 3.05) is 12.9 Å². The van der Waals surface area contributed by atoms with Crippen LogP contribution in [0.1, 0.15) is 24.3 Å². The monoisotopic (exact) mass is 337 g/mol. The van der Waals surface area contributed by atoms with E-state index in [0.717, 1.165) is 11.9 Å². The quantitative estimate of drug-likeness (QED) is 0.864. The lowest BCUT2D eigenvalue weighted by Crippen LogP contribution is -2.30. The van der Waals surface area contributed by atoms with E-state index in [1.54, 1.807) is 6.20 Å². The van der Waals surface area contributed by atoms with Gasteiger partial charge in [0.1, 0.15) is 0 Å². The molecule has 0 atom stereocenters. The van der Waals surface area contributed by atoms with E-state index < -0.39 is 15.9 Å². The van der Waals surface area contributed by atoms with E-state index in [2.05, 4.69) is 5.10 Å². The van der Waals surface area contributed by atoms with E-state index in [-0.39, 0.29) is 17.4 Å². The number of ether oxygens (including phenoxy) is 1. The number of nitrogens with one attached hydrogen (secondary N) is 1. The molecular weight excluding hydrogens is 318 g/mol. The standard InChI is InChI=1S/C15H19N3O4S/c1-11(2)10-22-13-9-18(12-7-5-4-6-8-12)16-14(13)15(19)17-23(3,20)21/h4-9,11H,10H2,1-3H3,(H,17,19). The molecule has 2 rings (SSSR count). The number of benzene rings is 1. The van der Waals surface area contributed by atoms with Gasteiger partial charge in [0, 0.05) is 0 Å². The van der Waals surface area contributed by atoms with Crippen LogP contribution >= 0.6 is 0 Å². The van der Waals surface area contributed by atoms with E-state index in [1.165, 1.54) is 4.68 Å². The van der Waals surface area contributed by atoms with Gasteiger partial charge in [-0.15, -0.1) is 0 Å². The molecule has 0 bridgehead atoms. The Hall–Kier alpha value is -2.35. The number of hydrogen-bond acceptors (Lipinski definition) is 5. The third-order valence-electron chi connectivity index (χ3n) is 2.77. The molecule has 1 aromatic heterocycles. The molecule has 1 aromatic carbocycles. The molecule has 8 heteroatoms. The van der Waals surface area contributed by atoms with Gasteiger partial charge < -0.3 is 4.74 Å². The maximum atomic E-state index is 12.1. The summed E-state index contributed by atoms with van der Waals surface area (Å²) in [6.45, 7) is 4.33. The molecule has 0 aliphatic heterocycles. The first-order chi connectivity index (χ1) is 10.8. The van der Waals surface area contributed by atoms with Gasteiger partial charge in [-0.05, 0) is 18.1 Å². The molecule has 7 nitrogen and oxygen atoms in total. The Morgan fingerprint density at radius 3 is 2.52 bits per heavy atom.